The zero-order chi connectivity index (χ0) is 20.3. The molecule has 1 aliphatic heterocycles. The van der Waals surface area contributed by atoms with Crippen molar-refractivity contribution in [1.29, 1.82) is 0 Å². The largest absolute Gasteiger partial charge is 0.416 e. The van der Waals surface area contributed by atoms with Crippen LogP contribution in [0.3, 0.4) is 0 Å². The van der Waals surface area contributed by atoms with Gasteiger partial charge in [0.1, 0.15) is 0 Å². The third-order valence-electron chi connectivity index (χ3n) is 4.83. The van der Waals surface area contributed by atoms with Crippen molar-refractivity contribution in [3.8, 4) is 0 Å². The van der Waals surface area contributed by atoms with Crippen LogP contribution in [0.4, 0.5) is 18.9 Å². The topological polar surface area (TPSA) is 32.3 Å². The monoisotopic (exact) mass is 474 g/mol. The second-order valence-corrected chi connectivity index (χ2v) is 8.18. The standard InChI is InChI=1S/C20H19BrClF3N2O/c21-16-4-1-13(2-5-16)12-27-9-7-14(8-10-27)19(28)26-18-11-15(20(23,24)25)3-6-17(18)22/h1-6,11,14H,7-10,12H2,(H,26,28). The number of piperidine rings is 1. The van der Waals surface area contributed by atoms with Crippen LogP contribution in [0.5, 0.6) is 0 Å². The van der Waals surface area contributed by atoms with Gasteiger partial charge in [-0.25, -0.2) is 0 Å². The van der Waals surface area contributed by atoms with Crippen LogP contribution in [-0.4, -0.2) is 23.9 Å². The van der Waals surface area contributed by atoms with Gasteiger partial charge in [0.15, 0.2) is 0 Å². The summed E-state index contributed by atoms with van der Waals surface area (Å²) >= 11 is 9.37. The van der Waals surface area contributed by atoms with Crippen LogP contribution < -0.4 is 5.32 Å². The van der Waals surface area contributed by atoms with Gasteiger partial charge in [-0.1, -0.05) is 39.7 Å². The number of halogens is 5. The molecule has 1 fully saturated rings. The molecule has 0 saturated carbocycles. The maximum absolute atomic E-state index is 12.9. The molecule has 3 nitrogen and oxygen atoms in total. The van der Waals surface area contributed by atoms with Crippen LogP contribution in [0.25, 0.3) is 0 Å². The first-order valence-electron chi connectivity index (χ1n) is 8.87. The molecule has 0 bridgehead atoms. The maximum Gasteiger partial charge on any atom is 0.416 e. The van der Waals surface area contributed by atoms with E-state index in [0.717, 1.165) is 42.3 Å². The molecule has 0 radical (unpaired) electrons. The number of nitrogens with one attached hydrogen (secondary N) is 1. The Bertz CT molecular complexity index is 834. The molecule has 0 aromatic heterocycles. The van der Waals surface area contributed by atoms with Gasteiger partial charge in [-0.3, -0.25) is 9.69 Å². The molecule has 8 heteroatoms. The van der Waals surface area contributed by atoms with Crippen LogP contribution in [-0.2, 0) is 17.5 Å². The summed E-state index contributed by atoms with van der Waals surface area (Å²) in [5.41, 5.74) is 0.358. The van der Waals surface area contributed by atoms with Crippen LogP contribution >= 0.6 is 27.5 Å². The highest BCUT2D eigenvalue weighted by Crippen LogP contribution is 2.34. The quantitative estimate of drug-likeness (QED) is 0.591. The summed E-state index contributed by atoms with van der Waals surface area (Å²) in [6, 6.07) is 11.0. The Hall–Kier alpha value is -1.57. The second-order valence-electron chi connectivity index (χ2n) is 6.86. The summed E-state index contributed by atoms with van der Waals surface area (Å²) in [5, 5.41) is 2.66. The van der Waals surface area contributed by atoms with Crippen molar-refractivity contribution in [1.82, 2.24) is 4.90 Å². The van der Waals surface area contributed by atoms with Gasteiger partial charge in [0.05, 0.1) is 16.3 Å². The molecular weight excluding hydrogens is 457 g/mol. The molecule has 3 rings (SSSR count). The van der Waals surface area contributed by atoms with Crippen molar-refractivity contribution in [3.05, 3.63) is 63.1 Å². The number of carbonyl (C=O) groups is 1. The van der Waals surface area contributed by atoms with Gasteiger partial charge in [0.2, 0.25) is 5.91 Å². The molecule has 1 aliphatic rings. The van der Waals surface area contributed by atoms with Crippen molar-refractivity contribution in [3.63, 3.8) is 0 Å². The minimum atomic E-state index is -4.48. The van der Waals surface area contributed by atoms with Gasteiger partial charge in [-0.05, 0) is 61.8 Å². The van der Waals surface area contributed by atoms with E-state index in [-0.39, 0.29) is 22.5 Å². The summed E-state index contributed by atoms with van der Waals surface area (Å²) in [6.07, 6.45) is -3.18. The molecule has 1 amide bonds. The van der Waals surface area contributed by atoms with Crippen LogP contribution in [0.15, 0.2) is 46.9 Å². The third kappa shape index (κ3) is 5.49. The number of carbonyl (C=O) groups excluding carboxylic acids is 1. The Morgan fingerprint density at radius 1 is 1.14 bits per heavy atom. The fraction of sp³-hybridized carbons (Fsp3) is 0.350. The number of hydrogen-bond acceptors (Lipinski definition) is 2. The first kappa shape index (κ1) is 21.1. The van der Waals surface area contributed by atoms with Gasteiger partial charge in [-0.2, -0.15) is 13.2 Å². The van der Waals surface area contributed by atoms with E-state index in [1.54, 1.807) is 0 Å². The van der Waals surface area contributed by atoms with Crippen molar-refractivity contribution in [2.45, 2.75) is 25.6 Å². The Labute approximate surface area is 175 Å². The molecule has 150 valence electrons. The predicted octanol–water partition coefficient (Wildman–Crippen LogP) is 5.97. The highest BCUT2D eigenvalue weighted by Gasteiger charge is 2.31. The zero-order valence-corrected chi connectivity index (χ0v) is 17.2. The van der Waals surface area contributed by atoms with E-state index in [1.165, 1.54) is 5.56 Å². The predicted molar refractivity (Wildman–Crippen MR) is 107 cm³/mol. The van der Waals surface area contributed by atoms with Gasteiger partial charge in [-0.15, -0.1) is 0 Å². The van der Waals surface area contributed by atoms with Gasteiger partial charge in [0, 0.05) is 16.9 Å². The maximum atomic E-state index is 12.9. The Balaban J connectivity index is 1.56. The zero-order valence-electron chi connectivity index (χ0n) is 14.9. The van der Waals surface area contributed by atoms with E-state index in [0.29, 0.717) is 12.8 Å². The smallest absolute Gasteiger partial charge is 0.325 e. The van der Waals surface area contributed by atoms with E-state index >= 15 is 0 Å². The third-order valence-corrected chi connectivity index (χ3v) is 5.69. The molecule has 1 heterocycles. The number of anilines is 1. The van der Waals surface area contributed by atoms with Crippen molar-refractivity contribution >= 4 is 39.1 Å². The van der Waals surface area contributed by atoms with E-state index in [9.17, 15) is 18.0 Å². The highest BCUT2D eigenvalue weighted by molar-refractivity contribution is 9.10. The lowest BCUT2D eigenvalue weighted by atomic mass is 9.95. The number of benzene rings is 2. The highest BCUT2D eigenvalue weighted by atomic mass is 79.9. The summed E-state index contributed by atoms with van der Waals surface area (Å²) in [4.78, 5) is 14.8. The first-order valence-corrected chi connectivity index (χ1v) is 10.0. The lowest BCUT2D eigenvalue weighted by molar-refractivity contribution is -0.137. The van der Waals surface area contributed by atoms with Gasteiger partial charge >= 0.3 is 6.18 Å². The molecule has 0 atom stereocenters. The first-order chi connectivity index (χ1) is 13.2. The Morgan fingerprint density at radius 3 is 2.39 bits per heavy atom. The second kappa shape index (κ2) is 8.84. The molecule has 0 aliphatic carbocycles. The average Bonchev–Trinajstić information content (AvgIpc) is 2.65. The fourth-order valence-electron chi connectivity index (χ4n) is 3.23. The Kier molecular flexibility index (Phi) is 6.68. The number of nitrogens with zero attached hydrogens (tertiary/aromatic N) is 1. The van der Waals surface area contributed by atoms with Crippen molar-refractivity contribution in [2.24, 2.45) is 5.92 Å². The number of hydrogen-bond donors (Lipinski definition) is 1. The normalized spacial score (nSPS) is 16.2. The molecular formula is C20H19BrClF3N2O. The summed E-state index contributed by atoms with van der Waals surface area (Å²) < 4.78 is 39.6. The van der Waals surface area contributed by atoms with Crippen molar-refractivity contribution in [2.75, 3.05) is 18.4 Å². The molecule has 1 saturated heterocycles. The summed E-state index contributed by atoms with van der Waals surface area (Å²) in [6.45, 7) is 2.32. The van der Waals surface area contributed by atoms with Crippen molar-refractivity contribution < 1.29 is 18.0 Å². The molecule has 0 spiro atoms. The van der Waals surface area contributed by atoms with Gasteiger partial charge in [0.25, 0.3) is 0 Å². The van der Waals surface area contributed by atoms with E-state index in [1.807, 2.05) is 12.1 Å². The minimum absolute atomic E-state index is 0.00113. The van der Waals surface area contributed by atoms with Crippen LogP contribution in [0.2, 0.25) is 5.02 Å². The molecule has 28 heavy (non-hydrogen) atoms. The molecule has 2 aromatic carbocycles. The van der Waals surface area contributed by atoms with Gasteiger partial charge < -0.3 is 5.32 Å². The SMILES string of the molecule is O=C(Nc1cc(C(F)(F)F)ccc1Cl)C1CCN(Cc2ccc(Br)cc2)CC1. The molecule has 2 aromatic rings. The lowest BCUT2D eigenvalue weighted by Crippen LogP contribution is -2.37. The number of likely N-dealkylation sites (tertiary alicyclic amines) is 1. The minimum Gasteiger partial charge on any atom is -0.325 e. The van der Waals surface area contributed by atoms with E-state index in [2.05, 4.69) is 38.3 Å². The van der Waals surface area contributed by atoms with E-state index < -0.39 is 11.7 Å². The summed E-state index contributed by atoms with van der Waals surface area (Å²) in [5.74, 6) is -0.531. The number of rotatable bonds is 4. The Morgan fingerprint density at radius 2 is 1.79 bits per heavy atom. The lowest BCUT2D eigenvalue weighted by Gasteiger charge is -2.31. The van der Waals surface area contributed by atoms with Crippen LogP contribution in [0.1, 0.15) is 24.0 Å². The number of amides is 1. The molecule has 0 unspecified atom stereocenters. The molecule has 1 N–H and O–H groups in total. The number of alkyl halides is 3. The van der Waals surface area contributed by atoms with E-state index in [4.69, 9.17) is 11.6 Å². The average molecular weight is 476 g/mol. The van der Waals surface area contributed by atoms with Crippen LogP contribution in [0, 0.1) is 5.92 Å². The summed E-state index contributed by atoms with van der Waals surface area (Å²) in [7, 11) is 0. The fourth-order valence-corrected chi connectivity index (χ4v) is 3.66.